The van der Waals surface area contributed by atoms with Crippen LogP contribution in [0.15, 0.2) is 24.3 Å². The Morgan fingerprint density at radius 3 is 1.96 bits per heavy atom. The molecule has 2 aromatic rings. The minimum Gasteiger partial charge on any atom is -0.376 e. The molecule has 0 fully saturated rings. The van der Waals surface area contributed by atoms with Gasteiger partial charge in [0.05, 0.1) is 15.8 Å². The minimum absolute atomic E-state index is 0. The van der Waals surface area contributed by atoms with Crippen molar-refractivity contribution in [1.82, 2.24) is 4.98 Å². The number of hydrogen-bond acceptors (Lipinski definition) is 5. The van der Waals surface area contributed by atoms with Crippen LogP contribution in [0.2, 0.25) is 0 Å². The predicted octanol–water partition coefficient (Wildman–Crippen LogP) is 3.66. The molecule has 1 aromatic carbocycles. The van der Waals surface area contributed by atoms with Crippen LogP contribution in [0.25, 0.3) is 10.2 Å². The molecule has 1 unspecified atom stereocenters. The Balaban J connectivity index is -0.000001000. The van der Waals surface area contributed by atoms with Crippen LogP contribution in [0, 0.1) is 0 Å². The van der Waals surface area contributed by atoms with E-state index in [4.69, 9.17) is 18.3 Å². The van der Waals surface area contributed by atoms with E-state index in [1.54, 1.807) is 32.7 Å². The summed E-state index contributed by atoms with van der Waals surface area (Å²) in [4.78, 5) is 4.71. The fourth-order valence-corrected chi connectivity index (χ4v) is 6.17. The number of benzene rings is 1. The topological polar surface area (TPSA) is 40.6 Å². The maximum absolute atomic E-state index is 5.60. The van der Waals surface area contributed by atoms with Gasteiger partial charge in [-0.25, -0.2) is 4.98 Å². The number of thiazole rings is 1. The first kappa shape index (κ1) is 28.4. The van der Waals surface area contributed by atoms with Crippen LogP contribution in [0.1, 0.15) is 23.9 Å². The van der Waals surface area contributed by atoms with Crippen LogP contribution in [0.4, 0.5) is 0 Å². The molecule has 1 heterocycles. The lowest BCUT2D eigenvalue weighted by molar-refractivity contribution is 0.111. The molecule has 23 heavy (non-hydrogen) atoms. The van der Waals surface area contributed by atoms with Gasteiger partial charge in [0.2, 0.25) is 0 Å². The van der Waals surface area contributed by atoms with Gasteiger partial charge in [0.15, 0.2) is 0 Å². The molecule has 1 aromatic heterocycles. The van der Waals surface area contributed by atoms with Crippen LogP contribution in [-0.2, 0) is 13.3 Å². The van der Waals surface area contributed by atoms with E-state index < -0.39 is 8.80 Å². The molecule has 0 N–H and O–H groups in total. The van der Waals surface area contributed by atoms with Crippen molar-refractivity contribution in [2.75, 3.05) is 21.3 Å². The lowest BCUT2D eigenvalue weighted by Gasteiger charge is -2.30. The Hall–Kier alpha value is 0.607. The highest BCUT2D eigenvalue weighted by Crippen LogP contribution is 2.36. The van der Waals surface area contributed by atoms with E-state index in [1.807, 2.05) is 18.2 Å². The molecule has 0 radical (unpaired) electrons. The van der Waals surface area contributed by atoms with Gasteiger partial charge in [0.25, 0.3) is 0 Å². The molecule has 136 valence electrons. The summed E-state index contributed by atoms with van der Waals surface area (Å²) in [7, 11) is 2.24. The Morgan fingerprint density at radius 1 is 1.00 bits per heavy atom. The van der Waals surface area contributed by atoms with Crippen LogP contribution in [-0.4, -0.2) is 35.1 Å². The van der Waals surface area contributed by atoms with E-state index in [0.717, 1.165) is 16.9 Å². The fourth-order valence-electron chi connectivity index (χ4n) is 2.29. The zero-order valence-corrected chi connectivity index (χ0v) is 19.5. The summed E-state index contributed by atoms with van der Waals surface area (Å²) >= 11 is 1.69. The number of para-hydroxylation sites is 1. The zero-order chi connectivity index (χ0) is 13.9. The van der Waals surface area contributed by atoms with Crippen molar-refractivity contribution in [3.63, 3.8) is 0 Å². The van der Waals surface area contributed by atoms with Crippen LogP contribution < -0.4 is 0 Å². The first-order valence-corrected chi connectivity index (χ1v) is 8.83. The Kier molecular flexibility index (Phi) is 15.9. The van der Waals surface area contributed by atoms with Gasteiger partial charge in [-0.15, -0.1) is 11.3 Å². The van der Waals surface area contributed by atoms with E-state index in [1.165, 1.54) is 4.70 Å². The van der Waals surface area contributed by atoms with Crippen LogP contribution >= 0.6 is 65.3 Å². The molecule has 0 aliphatic rings. The van der Waals surface area contributed by atoms with Gasteiger partial charge in [0, 0.05) is 21.3 Å². The standard InChI is InChI=1S/C13H19NO3SSi.4H2S/c1-5-12(19(15-2,16-3)17-4)13-14-10-8-6-7-9-11(10)18-13;;;;/h6-9,12H,5H2,1-4H3;4*1H2. The highest BCUT2D eigenvalue weighted by Gasteiger charge is 2.48. The number of hydrogen-bond donors (Lipinski definition) is 0. The molecule has 0 amide bonds. The van der Waals surface area contributed by atoms with E-state index in [-0.39, 0.29) is 59.5 Å². The summed E-state index contributed by atoms with van der Waals surface area (Å²) in [6.07, 6.45) is 0.877. The largest absolute Gasteiger partial charge is 0.510 e. The molecule has 4 nitrogen and oxygen atoms in total. The van der Waals surface area contributed by atoms with Gasteiger partial charge in [0.1, 0.15) is 5.01 Å². The maximum Gasteiger partial charge on any atom is 0.510 e. The van der Waals surface area contributed by atoms with E-state index in [0.29, 0.717) is 0 Å². The first-order valence-electron chi connectivity index (χ1n) is 6.21. The number of nitrogens with zero attached hydrogens (tertiary/aromatic N) is 1. The SMILES string of the molecule is CCC(c1nc2ccccc2s1)[Si](OC)(OC)OC.S.S.S.S. The van der Waals surface area contributed by atoms with Crippen molar-refractivity contribution in [2.24, 2.45) is 0 Å². The molecular formula is C13H27NO3S5Si. The monoisotopic (exact) mass is 433 g/mol. The normalized spacial score (nSPS) is 11.5. The third-order valence-electron chi connectivity index (χ3n) is 3.30. The molecule has 2 rings (SSSR count). The molecule has 0 aliphatic heterocycles. The number of fused-ring (bicyclic) bond motifs is 1. The van der Waals surface area contributed by atoms with Crippen molar-refractivity contribution in [3.8, 4) is 0 Å². The average Bonchev–Trinajstić information content (AvgIpc) is 2.88. The van der Waals surface area contributed by atoms with E-state index in [9.17, 15) is 0 Å². The van der Waals surface area contributed by atoms with Crippen molar-refractivity contribution in [2.45, 2.75) is 18.9 Å². The Morgan fingerprint density at radius 2 is 1.52 bits per heavy atom. The summed E-state index contributed by atoms with van der Waals surface area (Å²) in [5.41, 5.74) is 1.09. The second kappa shape index (κ2) is 12.9. The molecule has 0 saturated carbocycles. The molecule has 0 saturated heterocycles. The summed E-state index contributed by atoms with van der Waals surface area (Å²) < 4.78 is 18.0. The summed E-state index contributed by atoms with van der Waals surface area (Å²) in [5.74, 6) is 0. The van der Waals surface area contributed by atoms with E-state index in [2.05, 4.69) is 13.0 Å². The van der Waals surface area contributed by atoms with Gasteiger partial charge in [-0.2, -0.15) is 54.0 Å². The number of rotatable bonds is 6. The third-order valence-corrected chi connectivity index (χ3v) is 7.90. The molecule has 0 spiro atoms. The number of aromatic nitrogens is 1. The smallest absolute Gasteiger partial charge is 0.376 e. The molecule has 0 bridgehead atoms. The quantitative estimate of drug-likeness (QED) is 0.652. The third kappa shape index (κ3) is 5.82. The lowest BCUT2D eigenvalue weighted by Crippen LogP contribution is -2.49. The average molecular weight is 434 g/mol. The predicted molar refractivity (Wildman–Crippen MR) is 121 cm³/mol. The van der Waals surface area contributed by atoms with Gasteiger partial charge in [-0.1, -0.05) is 19.1 Å². The fraction of sp³-hybridized carbons (Fsp3) is 0.462. The van der Waals surface area contributed by atoms with Gasteiger partial charge in [-0.3, -0.25) is 0 Å². The van der Waals surface area contributed by atoms with Gasteiger partial charge in [-0.05, 0) is 18.6 Å². The highest BCUT2D eigenvalue weighted by molar-refractivity contribution is 7.59. The Bertz CT molecular complexity index is 512. The van der Waals surface area contributed by atoms with Crippen LogP contribution in [0.3, 0.4) is 0 Å². The second-order valence-corrected chi connectivity index (χ2v) is 8.39. The summed E-state index contributed by atoms with van der Waals surface area (Å²) in [6.45, 7) is 2.11. The van der Waals surface area contributed by atoms with Crippen molar-refractivity contribution < 1.29 is 13.3 Å². The van der Waals surface area contributed by atoms with Crippen molar-refractivity contribution in [1.29, 1.82) is 0 Å². The zero-order valence-electron chi connectivity index (χ0n) is 13.7. The maximum atomic E-state index is 5.60. The van der Waals surface area contributed by atoms with E-state index >= 15 is 0 Å². The van der Waals surface area contributed by atoms with Gasteiger partial charge >= 0.3 is 8.80 Å². The van der Waals surface area contributed by atoms with Crippen molar-refractivity contribution >= 4 is 84.3 Å². The molecule has 10 heteroatoms. The molecule has 1 atom stereocenters. The lowest BCUT2D eigenvalue weighted by atomic mass is 10.3. The highest BCUT2D eigenvalue weighted by atomic mass is 32.1. The molecule has 0 aliphatic carbocycles. The summed E-state index contributed by atoms with van der Waals surface area (Å²) in [6, 6.07) is 8.13. The minimum atomic E-state index is -2.70. The van der Waals surface area contributed by atoms with Gasteiger partial charge < -0.3 is 13.3 Å². The molecular weight excluding hydrogens is 407 g/mol. The summed E-state index contributed by atoms with van der Waals surface area (Å²) in [5, 5.41) is 1.03. The second-order valence-electron chi connectivity index (χ2n) is 4.20. The first-order chi connectivity index (χ1) is 9.20. The van der Waals surface area contributed by atoms with Crippen LogP contribution in [0.5, 0.6) is 0 Å². The van der Waals surface area contributed by atoms with Crippen molar-refractivity contribution in [3.05, 3.63) is 29.3 Å². The Labute approximate surface area is 171 Å².